The molecule has 0 unspecified atom stereocenters. The lowest BCUT2D eigenvalue weighted by Gasteiger charge is -2.34. The zero-order valence-corrected chi connectivity index (χ0v) is 18.9. The first kappa shape index (κ1) is 24.2. The van der Waals surface area contributed by atoms with E-state index in [0.717, 1.165) is 12.5 Å². The summed E-state index contributed by atoms with van der Waals surface area (Å²) in [4.78, 5) is 28.5. The molecule has 0 bridgehead atoms. The molecule has 2 amide bonds. The molecule has 2 aromatic rings. The number of rotatable bonds is 4. The molecule has 4 rings (SSSR count). The average molecular weight is 498 g/mol. The van der Waals surface area contributed by atoms with Gasteiger partial charge >= 0.3 is 6.18 Å². The fraction of sp³-hybridized carbons (Fsp3) is 0.391. The van der Waals surface area contributed by atoms with Gasteiger partial charge in [-0.2, -0.15) is 13.2 Å². The number of ether oxygens (including phenoxy) is 2. The van der Waals surface area contributed by atoms with Crippen molar-refractivity contribution >= 4 is 29.1 Å². The van der Waals surface area contributed by atoms with Crippen LogP contribution >= 0.6 is 11.6 Å². The highest BCUT2D eigenvalue weighted by Crippen LogP contribution is 2.37. The zero-order valence-electron chi connectivity index (χ0n) is 18.2. The molecule has 1 N–H and O–H groups in total. The Hall–Kier alpha value is -2.98. The number of hydrogen-bond acceptors (Lipinski definition) is 5. The summed E-state index contributed by atoms with van der Waals surface area (Å²) in [6, 6.07) is 7.97. The molecular weight excluding hydrogens is 475 g/mol. The Balaban J connectivity index is 1.33. The summed E-state index contributed by atoms with van der Waals surface area (Å²) in [6.07, 6.45) is -3.87. The number of nitrogens with one attached hydrogen (secondary N) is 1. The van der Waals surface area contributed by atoms with Gasteiger partial charge < -0.3 is 19.7 Å². The van der Waals surface area contributed by atoms with Crippen LogP contribution < -0.4 is 14.8 Å². The smallest absolute Gasteiger partial charge is 0.417 e. The van der Waals surface area contributed by atoms with Crippen LogP contribution in [0.1, 0.15) is 22.3 Å². The third-order valence-electron chi connectivity index (χ3n) is 5.60. The molecule has 2 aromatic carbocycles. The molecular formula is C23H23ClF3N3O4. The van der Waals surface area contributed by atoms with E-state index in [1.54, 1.807) is 12.1 Å². The number of carbonyl (C=O) groups excluding carboxylic acids is 2. The van der Waals surface area contributed by atoms with Crippen LogP contribution in [0.3, 0.4) is 0 Å². The second-order valence-corrected chi connectivity index (χ2v) is 8.40. The Morgan fingerprint density at radius 3 is 2.32 bits per heavy atom. The molecule has 2 aliphatic heterocycles. The number of hydrogen-bond donors (Lipinski definition) is 1. The first-order valence-corrected chi connectivity index (χ1v) is 11.2. The average Bonchev–Trinajstić information content (AvgIpc) is 3.03. The third kappa shape index (κ3) is 5.56. The van der Waals surface area contributed by atoms with Gasteiger partial charge in [-0.05, 0) is 12.1 Å². The number of halogens is 4. The van der Waals surface area contributed by atoms with E-state index < -0.39 is 17.6 Å². The fourth-order valence-corrected chi connectivity index (χ4v) is 4.07. The van der Waals surface area contributed by atoms with E-state index in [1.165, 1.54) is 23.1 Å². The van der Waals surface area contributed by atoms with Crippen LogP contribution in [0.5, 0.6) is 11.5 Å². The van der Waals surface area contributed by atoms with Gasteiger partial charge in [0.25, 0.3) is 5.91 Å². The number of benzene rings is 2. The molecule has 0 aliphatic carbocycles. The molecule has 1 fully saturated rings. The first-order valence-electron chi connectivity index (χ1n) is 10.8. The molecule has 0 radical (unpaired) electrons. The van der Waals surface area contributed by atoms with Gasteiger partial charge in [0.2, 0.25) is 5.91 Å². The minimum Gasteiger partial charge on any atom is -0.490 e. The molecule has 0 saturated carbocycles. The van der Waals surface area contributed by atoms with Gasteiger partial charge in [-0.15, -0.1) is 0 Å². The summed E-state index contributed by atoms with van der Waals surface area (Å²) in [5.74, 6) is 0.0476. The lowest BCUT2D eigenvalue weighted by Crippen LogP contribution is -2.50. The number of alkyl halides is 3. The van der Waals surface area contributed by atoms with Crippen LogP contribution in [0.4, 0.5) is 18.9 Å². The summed E-state index contributed by atoms with van der Waals surface area (Å²) in [6.45, 7) is 2.19. The van der Waals surface area contributed by atoms with Crippen LogP contribution in [0.2, 0.25) is 5.02 Å². The van der Waals surface area contributed by atoms with Crippen LogP contribution in [-0.2, 0) is 11.0 Å². The van der Waals surface area contributed by atoms with Gasteiger partial charge in [0.15, 0.2) is 11.5 Å². The highest BCUT2D eigenvalue weighted by Gasteiger charge is 2.36. The van der Waals surface area contributed by atoms with Crippen LogP contribution in [0, 0.1) is 0 Å². The fourth-order valence-electron chi connectivity index (χ4n) is 3.87. The molecule has 1 saturated heterocycles. The third-order valence-corrected chi connectivity index (χ3v) is 5.91. The van der Waals surface area contributed by atoms with Gasteiger partial charge in [0, 0.05) is 44.7 Å². The number of amides is 2. The van der Waals surface area contributed by atoms with Crippen LogP contribution in [0.25, 0.3) is 0 Å². The monoisotopic (exact) mass is 497 g/mol. The Bertz CT molecular complexity index is 1070. The number of fused-ring (bicyclic) bond motifs is 1. The predicted octanol–water partition coefficient (Wildman–Crippen LogP) is 3.92. The maximum absolute atomic E-state index is 13.3. The van der Waals surface area contributed by atoms with Crippen molar-refractivity contribution in [3.05, 3.63) is 52.5 Å². The normalized spacial score (nSPS) is 16.6. The number of nitrogens with zero attached hydrogens (tertiary/aromatic N) is 2. The maximum atomic E-state index is 13.3. The predicted molar refractivity (Wildman–Crippen MR) is 119 cm³/mol. The van der Waals surface area contributed by atoms with E-state index in [-0.39, 0.29) is 31.1 Å². The lowest BCUT2D eigenvalue weighted by molar-refractivity contribution is -0.138. The van der Waals surface area contributed by atoms with Crippen LogP contribution in [0.15, 0.2) is 36.4 Å². The minimum atomic E-state index is -4.61. The van der Waals surface area contributed by atoms with Crippen molar-refractivity contribution in [3.8, 4) is 11.5 Å². The van der Waals surface area contributed by atoms with Crippen molar-refractivity contribution in [2.24, 2.45) is 0 Å². The van der Waals surface area contributed by atoms with Gasteiger partial charge in [-0.3, -0.25) is 14.5 Å². The van der Waals surface area contributed by atoms with E-state index in [2.05, 4.69) is 5.32 Å². The molecule has 34 heavy (non-hydrogen) atoms. The Kier molecular flexibility index (Phi) is 7.18. The van der Waals surface area contributed by atoms with E-state index in [9.17, 15) is 22.8 Å². The second-order valence-electron chi connectivity index (χ2n) is 7.99. The van der Waals surface area contributed by atoms with Crippen molar-refractivity contribution in [1.29, 1.82) is 0 Å². The van der Waals surface area contributed by atoms with Gasteiger partial charge in [-0.25, -0.2) is 0 Å². The van der Waals surface area contributed by atoms with E-state index in [4.69, 9.17) is 21.1 Å². The van der Waals surface area contributed by atoms with Crippen molar-refractivity contribution in [1.82, 2.24) is 9.80 Å². The molecule has 11 heteroatoms. The van der Waals surface area contributed by atoms with Crippen molar-refractivity contribution in [3.63, 3.8) is 0 Å². The molecule has 182 valence electrons. The van der Waals surface area contributed by atoms with Gasteiger partial charge in [0.1, 0.15) is 0 Å². The number of carbonyl (C=O) groups is 2. The zero-order chi connectivity index (χ0) is 24.3. The number of piperazine rings is 1. The van der Waals surface area contributed by atoms with Crippen molar-refractivity contribution in [2.45, 2.75) is 12.6 Å². The SMILES string of the molecule is O=C(CN1CCN(C(=O)c2ccccc2C(F)(F)F)CC1)Nc1cc2c(cc1Cl)OCCCO2. The summed E-state index contributed by atoms with van der Waals surface area (Å²) in [5, 5.41) is 3.07. The van der Waals surface area contributed by atoms with Gasteiger partial charge in [0.05, 0.1) is 41.6 Å². The largest absolute Gasteiger partial charge is 0.490 e. The highest BCUT2D eigenvalue weighted by molar-refractivity contribution is 6.34. The first-order chi connectivity index (χ1) is 16.2. The molecule has 2 heterocycles. The molecule has 7 nitrogen and oxygen atoms in total. The van der Waals surface area contributed by atoms with Gasteiger partial charge in [-0.1, -0.05) is 23.7 Å². The summed E-state index contributed by atoms with van der Waals surface area (Å²) >= 11 is 6.27. The quantitative estimate of drug-likeness (QED) is 0.693. The molecule has 0 aromatic heterocycles. The number of anilines is 1. The van der Waals surface area contributed by atoms with Crippen molar-refractivity contribution < 1.29 is 32.2 Å². The lowest BCUT2D eigenvalue weighted by atomic mass is 10.1. The Morgan fingerprint density at radius 2 is 1.65 bits per heavy atom. The molecule has 0 spiro atoms. The van der Waals surface area contributed by atoms with E-state index in [1.807, 2.05) is 4.90 Å². The van der Waals surface area contributed by atoms with E-state index in [0.29, 0.717) is 48.5 Å². The topological polar surface area (TPSA) is 71.1 Å². The summed E-state index contributed by atoms with van der Waals surface area (Å²) in [7, 11) is 0. The summed E-state index contributed by atoms with van der Waals surface area (Å²) < 4.78 is 51.0. The standard InChI is InChI=1S/C23H23ClF3N3O4/c24-17-12-19-20(34-11-3-10-33-19)13-18(17)28-21(31)14-29-6-8-30(9-7-29)22(32)15-4-1-2-5-16(15)23(25,26)27/h1-2,4-5,12-13H,3,6-11,14H2,(H,28,31). The second kappa shape index (κ2) is 10.1. The maximum Gasteiger partial charge on any atom is 0.417 e. The summed E-state index contributed by atoms with van der Waals surface area (Å²) in [5.41, 5.74) is -0.924. The van der Waals surface area contributed by atoms with Crippen molar-refractivity contribution in [2.75, 3.05) is 51.3 Å². The molecule has 2 aliphatic rings. The minimum absolute atomic E-state index is 0.0476. The van der Waals surface area contributed by atoms with Crippen LogP contribution in [-0.4, -0.2) is 67.6 Å². The van der Waals surface area contributed by atoms with E-state index >= 15 is 0 Å². The Morgan fingerprint density at radius 1 is 1.00 bits per heavy atom. The Labute approximate surface area is 199 Å². The highest BCUT2D eigenvalue weighted by atomic mass is 35.5. The molecule has 0 atom stereocenters.